The lowest BCUT2D eigenvalue weighted by Gasteiger charge is -2.31. The van der Waals surface area contributed by atoms with Gasteiger partial charge in [0.15, 0.2) is 0 Å². The van der Waals surface area contributed by atoms with Crippen molar-refractivity contribution in [1.29, 1.82) is 0 Å². The summed E-state index contributed by atoms with van der Waals surface area (Å²) in [6.07, 6.45) is 7.23. The lowest BCUT2D eigenvalue weighted by Crippen LogP contribution is -2.34. The minimum absolute atomic E-state index is 0.578. The summed E-state index contributed by atoms with van der Waals surface area (Å²) in [5.74, 6) is 0.719. The fraction of sp³-hybridized carbons (Fsp3) is 0.800. The van der Waals surface area contributed by atoms with Crippen LogP contribution in [0, 0.1) is 6.92 Å². The molecule has 1 atom stereocenters. The summed E-state index contributed by atoms with van der Waals surface area (Å²) in [6.45, 7) is 6.95. The smallest absolute Gasteiger partial charge is 0.0649 e. The predicted molar refractivity (Wildman–Crippen MR) is 77.6 cm³/mol. The maximum Gasteiger partial charge on any atom is 0.0649 e. The van der Waals surface area contributed by atoms with Gasteiger partial charge in [0.2, 0.25) is 0 Å². The number of hydrogen-bond acceptors (Lipinski definition) is 3. The van der Waals surface area contributed by atoms with Gasteiger partial charge in [-0.25, -0.2) is 0 Å². The molecule has 2 fully saturated rings. The molecule has 1 N–H and O–H groups in total. The second kappa shape index (κ2) is 5.63. The highest BCUT2D eigenvalue weighted by Gasteiger charge is 2.24. The summed E-state index contributed by atoms with van der Waals surface area (Å²) < 4.78 is 2.30. The van der Waals surface area contributed by atoms with E-state index in [2.05, 4.69) is 35.1 Å². The number of nitrogens with one attached hydrogen (secondary N) is 1. The topological polar surface area (TPSA) is 33.1 Å². The molecule has 3 heterocycles. The van der Waals surface area contributed by atoms with E-state index in [4.69, 9.17) is 5.10 Å². The maximum atomic E-state index is 4.72. The Balaban J connectivity index is 1.77. The Bertz CT molecular complexity index is 420. The summed E-state index contributed by atoms with van der Waals surface area (Å²) in [4.78, 5) is 2.43. The van der Waals surface area contributed by atoms with Gasteiger partial charge in [0.05, 0.1) is 12.2 Å². The van der Waals surface area contributed by atoms with Crippen LogP contribution in [-0.4, -0.2) is 47.9 Å². The van der Waals surface area contributed by atoms with Gasteiger partial charge in [-0.3, -0.25) is 4.68 Å². The van der Waals surface area contributed by atoms with Gasteiger partial charge in [-0.2, -0.15) is 5.10 Å². The van der Waals surface area contributed by atoms with E-state index in [0.29, 0.717) is 6.04 Å². The quantitative estimate of drug-likeness (QED) is 0.884. The minimum atomic E-state index is 0.578. The van der Waals surface area contributed by atoms with Crippen LogP contribution in [-0.2, 0) is 0 Å². The number of hydrogen-bond donors (Lipinski definition) is 1. The number of piperidine rings is 2. The van der Waals surface area contributed by atoms with Gasteiger partial charge in [-0.15, -0.1) is 0 Å². The second-order valence-electron chi connectivity index (χ2n) is 6.21. The molecule has 2 saturated heterocycles. The molecule has 4 heteroatoms. The Hall–Kier alpha value is -0.870. The van der Waals surface area contributed by atoms with E-state index in [-0.39, 0.29) is 0 Å². The molecule has 0 radical (unpaired) electrons. The molecule has 0 bridgehead atoms. The van der Waals surface area contributed by atoms with E-state index in [1.807, 2.05) is 0 Å². The van der Waals surface area contributed by atoms with Gasteiger partial charge < -0.3 is 10.2 Å². The van der Waals surface area contributed by atoms with E-state index in [1.54, 1.807) is 0 Å². The highest BCUT2D eigenvalue weighted by molar-refractivity contribution is 5.22. The fourth-order valence-corrected chi connectivity index (χ4v) is 3.68. The average molecular weight is 262 g/mol. The molecule has 0 aromatic carbocycles. The van der Waals surface area contributed by atoms with Crippen molar-refractivity contribution in [2.45, 2.75) is 44.6 Å². The Morgan fingerprint density at radius 1 is 1.26 bits per heavy atom. The monoisotopic (exact) mass is 262 g/mol. The molecular formula is C15H26N4. The van der Waals surface area contributed by atoms with Crippen molar-refractivity contribution in [3.05, 3.63) is 17.5 Å². The van der Waals surface area contributed by atoms with Crippen LogP contribution in [0.5, 0.6) is 0 Å². The number of likely N-dealkylation sites (N-methyl/N-ethyl adjacent to an activating group) is 1. The zero-order valence-corrected chi connectivity index (χ0v) is 12.2. The third-order valence-electron chi connectivity index (χ3n) is 4.81. The summed E-state index contributed by atoms with van der Waals surface area (Å²) in [6, 6.07) is 0.578. The third-order valence-corrected chi connectivity index (χ3v) is 4.81. The Morgan fingerprint density at radius 3 is 2.79 bits per heavy atom. The normalized spacial score (nSPS) is 26.7. The van der Waals surface area contributed by atoms with Crippen LogP contribution < -0.4 is 5.32 Å². The van der Waals surface area contributed by atoms with E-state index >= 15 is 0 Å². The number of nitrogens with zero attached hydrogens (tertiary/aromatic N) is 3. The largest absolute Gasteiger partial charge is 0.317 e. The first kappa shape index (κ1) is 13.1. The average Bonchev–Trinajstić information content (AvgIpc) is 2.81. The van der Waals surface area contributed by atoms with Crippen LogP contribution in [0.1, 0.15) is 48.9 Å². The zero-order chi connectivity index (χ0) is 13.2. The molecule has 0 saturated carbocycles. The molecule has 3 rings (SSSR count). The highest BCUT2D eigenvalue weighted by Crippen LogP contribution is 2.30. The molecule has 2 aliphatic rings. The van der Waals surface area contributed by atoms with Crippen molar-refractivity contribution in [2.75, 3.05) is 33.2 Å². The van der Waals surface area contributed by atoms with Crippen molar-refractivity contribution in [2.24, 2.45) is 0 Å². The number of likely N-dealkylation sites (tertiary alicyclic amines) is 1. The summed E-state index contributed by atoms with van der Waals surface area (Å²) >= 11 is 0. The van der Waals surface area contributed by atoms with Gasteiger partial charge in [0, 0.05) is 12.2 Å². The molecule has 106 valence electrons. The fourth-order valence-electron chi connectivity index (χ4n) is 3.68. The Kier molecular flexibility index (Phi) is 3.89. The van der Waals surface area contributed by atoms with Crippen LogP contribution in [0.4, 0.5) is 0 Å². The van der Waals surface area contributed by atoms with Crippen LogP contribution in [0.25, 0.3) is 0 Å². The molecule has 2 aliphatic heterocycles. The van der Waals surface area contributed by atoms with Crippen molar-refractivity contribution in [1.82, 2.24) is 20.0 Å². The number of rotatable bonds is 2. The van der Waals surface area contributed by atoms with Crippen molar-refractivity contribution in [3.8, 4) is 0 Å². The molecule has 0 amide bonds. The van der Waals surface area contributed by atoms with Crippen molar-refractivity contribution < 1.29 is 0 Å². The minimum Gasteiger partial charge on any atom is -0.317 e. The Morgan fingerprint density at radius 2 is 2.05 bits per heavy atom. The van der Waals surface area contributed by atoms with E-state index < -0.39 is 0 Å². The number of aromatic nitrogens is 2. The highest BCUT2D eigenvalue weighted by atomic mass is 15.3. The van der Waals surface area contributed by atoms with Gasteiger partial charge >= 0.3 is 0 Å². The summed E-state index contributed by atoms with van der Waals surface area (Å²) in [5.41, 5.74) is 2.90. The molecule has 19 heavy (non-hydrogen) atoms. The predicted octanol–water partition coefficient (Wildman–Crippen LogP) is 1.93. The van der Waals surface area contributed by atoms with Crippen LogP contribution in [0.15, 0.2) is 6.20 Å². The third kappa shape index (κ3) is 2.70. The molecule has 0 spiro atoms. The van der Waals surface area contributed by atoms with Gasteiger partial charge in [0.1, 0.15) is 0 Å². The molecule has 0 aliphatic carbocycles. The van der Waals surface area contributed by atoms with Crippen LogP contribution in [0.2, 0.25) is 0 Å². The van der Waals surface area contributed by atoms with Crippen LogP contribution >= 0.6 is 0 Å². The Labute approximate surface area is 116 Å². The van der Waals surface area contributed by atoms with Gasteiger partial charge in [-0.05, 0) is 70.8 Å². The van der Waals surface area contributed by atoms with E-state index in [1.165, 1.54) is 43.5 Å². The molecule has 4 nitrogen and oxygen atoms in total. The van der Waals surface area contributed by atoms with Gasteiger partial charge in [0.25, 0.3) is 0 Å². The van der Waals surface area contributed by atoms with Crippen LogP contribution in [0.3, 0.4) is 0 Å². The first-order valence-electron chi connectivity index (χ1n) is 7.69. The first-order chi connectivity index (χ1) is 9.25. The lowest BCUT2D eigenvalue weighted by molar-refractivity contribution is 0.200. The maximum absolute atomic E-state index is 4.72. The van der Waals surface area contributed by atoms with Gasteiger partial charge in [-0.1, -0.05) is 0 Å². The summed E-state index contributed by atoms with van der Waals surface area (Å²) in [7, 11) is 2.22. The van der Waals surface area contributed by atoms with E-state index in [0.717, 1.165) is 25.6 Å². The standard InChI is InChI=1S/C15H26N4/c1-12-15(13-5-7-16-8-6-13)10-17-19(12)14-4-3-9-18(2)11-14/h10,13-14,16H,3-9,11H2,1-2H3. The second-order valence-corrected chi connectivity index (χ2v) is 6.21. The van der Waals surface area contributed by atoms with Crippen molar-refractivity contribution >= 4 is 0 Å². The molecular weight excluding hydrogens is 236 g/mol. The van der Waals surface area contributed by atoms with Crippen molar-refractivity contribution in [3.63, 3.8) is 0 Å². The summed E-state index contributed by atoms with van der Waals surface area (Å²) in [5, 5.41) is 8.16. The SMILES string of the molecule is Cc1c(C2CCNCC2)cnn1C1CCCN(C)C1. The first-order valence-corrected chi connectivity index (χ1v) is 7.69. The molecule has 1 aromatic rings. The molecule has 1 unspecified atom stereocenters. The molecule has 1 aromatic heterocycles. The zero-order valence-electron chi connectivity index (χ0n) is 12.2. The lowest BCUT2D eigenvalue weighted by atomic mass is 9.90. The van der Waals surface area contributed by atoms with E-state index in [9.17, 15) is 0 Å².